The number of aryl methyl sites for hydroxylation is 2. The summed E-state index contributed by atoms with van der Waals surface area (Å²) in [5.41, 5.74) is 1.27. The molecule has 1 aromatic carbocycles. The molecule has 0 radical (unpaired) electrons. The Hall–Kier alpha value is -0.480. The van der Waals surface area contributed by atoms with Gasteiger partial charge in [-0.3, -0.25) is 0 Å². The quantitative estimate of drug-likeness (QED) is 0.745. The van der Waals surface area contributed by atoms with Crippen LogP contribution in [-0.2, 0) is 12.8 Å². The van der Waals surface area contributed by atoms with Gasteiger partial charge in [-0.05, 0) is 42.0 Å². The van der Waals surface area contributed by atoms with Crippen LogP contribution in [0, 0.1) is 0 Å². The van der Waals surface area contributed by atoms with Gasteiger partial charge in [-0.1, -0.05) is 12.1 Å². The molecule has 0 unspecified atom stereocenters. The van der Waals surface area contributed by atoms with Crippen molar-refractivity contribution < 1.29 is 40.5 Å². The molecule has 92 valence electrons. The number of methoxy groups -OCH3 is 2. The average Bonchev–Trinajstić information content (AvgIpc) is 2.89. The molecule has 1 aromatic heterocycles. The third-order valence-electron chi connectivity index (χ3n) is 2.69. The molecule has 0 fully saturated rings. The fraction of sp³-hybridized carbons (Fsp3) is 0.286. The monoisotopic (exact) mass is 272 g/mol. The topological polar surface area (TPSA) is 18.5 Å². The summed E-state index contributed by atoms with van der Waals surface area (Å²) < 4.78 is 10.5. The van der Waals surface area contributed by atoms with Crippen molar-refractivity contribution in [3.8, 4) is 11.5 Å². The Kier molecular flexibility index (Phi) is 6.79. The van der Waals surface area contributed by atoms with E-state index in [2.05, 4.69) is 23.6 Å². The Balaban J connectivity index is 0.00000162. The first kappa shape index (κ1) is 15.6. The van der Waals surface area contributed by atoms with Crippen LogP contribution in [0.4, 0.5) is 0 Å². The first-order valence-electron chi connectivity index (χ1n) is 5.57. The van der Waals surface area contributed by atoms with Crippen LogP contribution in [0.15, 0.2) is 35.7 Å². The van der Waals surface area contributed by atoms with E-state index in [1.807, 2.05) is 12.1 Å². The van der Waals surface area contributed by atoms with E-state index in [1.165, 1.54) is 10.4 Å². The molecule has 0 amide bonds. The van der Waals surface area contributed by atoms with Crippen LogP contribution in [0.2, 0.25) is 0 Å². The summed E-state index contributed by atoms with van der Waals surface area (Å²) in [4.78, 5) is 1.42. The van der Waals surface area contributed by atoms with Crippen molar-refractivity contribution in [3.05, 3.63) is 46.2 Å². The molecular weight excluding hydrogens is 255 g/mol. The Labute approximate surface area is 136 Å². The van der Waals surface area contributed by atoms with Crippen molar-refractivity contribution in [3.63, 3.8) is 0 Å². The Morgan fingerprint density at radius 1 is 1.06 bits per heavy atom. The van der Waals surface area contributed by atoms with Crippen LogP contribution in [0.3, 0.4) is 0 Å². The Bertz CT molecular complexity index is 474. The van der Waals surface area contributed by atoms with Gasteiger partial charge < -0.3 is 10.9 Å². The number of rotatable bonds is 5. The Morgan fingerprint density at radius 3 is 2.44 bits per heavy atom. The smallest absolute Gasteiger partial charge is 1.00 e. The fourth-order valence-electron chi connectivity index (χ4n) is 1.76. The molecule has 18 heavy (non-hydrogen) atoms. The van der Waals surface area contributed by atoms with E-state index in [9.17, 15) is 0 Å². The molecule has 0 atom stereocenters. The predicted molar refractivity (Wildman–Crippen MR) is 72.4 cm³/mol. The van der Waals surface area contributed by atoms with Gasteiger partial charge in [-0.2, -0.15) is 0 Å². The standard InChI is InChI=1S/C14H16O2S.Na.H/c1-15-13-8-6-11(10-14(13)16-2)5-7-12-4-3-9-17-12;;/h3-4,6,8-10H,5,7H2,1-2H3;;/q;+1;-1. The van der Waals surface area contributed by atoms with Crippen molar-refractivity contribution in [1.82, 2.24) is 0 Å². The molecule has 2 rings (SSSR count). The molecule has 4 heteroatoms. The van der Waals surface area contributed by atoms with Crippen molar-refractivity contribution in [2.45, 2.75) is 12.8 Å². The largest absolute Gasteiger partial charge is 1.00 e. The van der Waals surface area contributed by atoms with Gasteiger partial charge in [-0.15, -0.1) is 11.3 Å². The molecule has 0 aliphatic rings. The minimum absolute atomic E-state index is 0. The maximum Gasteiger partial charge on any atom is 1.00 e. The van der Waals surface area contributed by atoms with Crippen molar-refractivity contribution in [2.75, 3.05) is 14.2 Å². The van der Waals surface area contributed by atoms with E-state index < -0.39 is 0 Å². The summed E-state index contributed by atoms with van der Waals surface area (Å²) in [6, 6.07) is 10.4. The fourth-order valence-corrected chi connectivity index (χ4v) is 2.47. The minimum Gasteiger partial charge on any atom is -1.00 e. The van der Waals surface area contributed by atoms with Crippen LogP contribution in [0.1, 0.15) is 11.9 Å². The van der Waals surface area contributed by atoms with Gasteiger partial charge in [0, 0.05) is 4.88 Å². The van der Waals surface area contributed by atoms with E-state index in [1.54, 1.807) is 25.6 Å². The maximum absolute atomic E-state index is 5.29. The molecular formula is C14H17NaO2S. The van der Waals surface area contributed by atoms with Gasteiger partial charge in [0.25, 0.3) is 0 Å². The molecule has 2 nitrogen and oxygen atoms in total. The van der Waals surface area contributed by atoms with Crippen LogP contribution in [-0.4, -0.2) is 14.2 Å². The Morgan fingerprint density at radius 2 is 1.83 bits per heavy atom. The number of ether oxygens (including phenoxy) is 2. The van der Waals surface area contributed by atoms with Crippen LogP contribution in [0.5, 0.6) is 11.5 Å². The van der Waals surface area contributed by atoms with Gasteiger partial charge >= 0.3 is 29.6 Å². The zero-order chi connectivity index (χ0) is 12.1. The van der Waals surface area contributed by atoms with Crippen molar-refractivity contribution in [2.24, 2.45) is 0 Å². The van der Waals surface area contributed by atoms with Gasteiger partial charge in [0.2, 0.25) is 0 Å². The first-order chi connectivity index (χ1) is 8.33. The molecule has 0 saturated carbocycles. The van der Waals surface area contributed by atoms with Crippen LogP contribution in [0.25, 0.3) is 0 Å². The molecule has 0 aliphatic carbocycles. The summed E-state index contributed by atoms with van der Waals surface area (Å²) in [7, 11) is 3.32. The second kappa shape index (κ2) is 7.85. The van der Waals surface area contributed by atoms with E-state index in [-0.39, 0.29) is 31.0 Å². The normalized spacial score (nSPS) is 9.67. The van der Waals surface area contributed by atoms with Crippen molar-refractivity contribution in [1.29, 1.82) is 0 Å². The summed E-state index contributed by atoms with van der Waals surface area (Å²) >= 11 is 1.80. The number of benzene rings is 1. The minimum atomic E-state index is 0. The molecule has 2 aromatic rings. The van der Waals surface area contributed by atoms with E-state index in [0.29, 0.717) is 0 Å². The average molecular weight is 272 g/mol. The molecule has 1 heterocycles. The summed E-state index contributed by atoms with van der Waals surface area (Å²) in [5.74, 6) is 1.59. The van der Waals surface area contributed by atoms with Gasteiger partial charge in [0.1, 0.15) is 0 Å². The van der Waals surface area contributed by atoms with Gasteiger partial charge in [0.05, 0.1) is 14.2 Å². The number of hydrogen-bond acceptors (Lipinski definition) is 3. The molecule has 0 bridgehead atoms. The molecule has 0 spiro atoms. The van der Waals surface area contributed by atoms with Crippen LogP contribution < -0.4 is 39.0 Å². The third-order valence-corrected chi connectivity index (χ3v) is 3.62. The second-order valence-electron chi connectivity index (χ2n) is 3.77. The van der Waals surface area contributed by atoms with Gasteiger partial charge in [-0.25, -0.2) is 0 Å². The van der Waals surface area contributed by atoms with E-state index in [0.717, 1.165) is 24.3 Å². The zero-order valence-electron chi connectivity index (χ0n) is 12.1. The number of thiophene rings is 1. The molecule has 0 aliphatic heterocycles. The van der Waals surface area contributed by atoms with Crippen molar-refractivity contribution >= 4 is 11.3 Å². The zero-order valence-corrected chi connectivity index (χ0v) is 13.9. The van der Waals surface area contributed by atoms with E-state index >= 15 is 0 Å². The molecule has 0 N–H and O–H groups in total. The summed E-state index contributed by atoms with van der Waals surface area (Å²) in [6.45, 7) is 0. The second-order valence-corrected chi connectivity index (χ2v) is 4.80. The van der Waals surface area contributed by atoms with E-state index in [4.69, 9.17) is 9.47 Å². The molecule has 0 saturated heterocycles. The SMILES string of the molecule is COc1ccc(CCc2cccs2)cc1OC.[H-].[Na+]. The first-order valence-corrected chi connectivity index (χ1v) is 6.44. The third kappa shape index (κ3) is 4.02. The summed E-state index contributed by atoms with van der Waals surface area (Å²) in [6.07, 6.45) is 2.11. The van der Waals surface area contributed by atoms with Crippen LogP contribution >= 0.6 is 11.3 Å². The maximum atomic E-state index is 5.29. The predicted octanol–water partition coefficient (Wildman–Crippen LogP) is 0.667. The number of hydrogen-bond donors (Lipinski definition) is 0. The summed E-state index contributed by atoms with van der Waals surface area (Å²) in [5, 5.41) is 2.12. The van der Waals surface area contributed by atoms with Gasteiger partial charge in [0.15, 0.2) is 11.5 Å².